The Morgan fingerprint density at radius 2 is 1.83 bits per heavy atom. The minimum absolute atomic E-state index is 0.137. The molecule has 0 aliphatic carbocycles. The predicted octanol–water partition coefficient (Wildman–Crippen LogP) is 2.67. The summed E-state index contributed by atoms with van der Waals surface area (Å²) >= 11 is 0. The molecule has 2 rings (SSSR count). The van der Waals surface area contributed by atoms with Crippen molar-refractivity contribution in [3.63, 3.8) is 0 Å². The van der Waals surface area contributed by atoms with Crippen LogP contribution in [-0.4, -0.2) is 17.3 Å². The van der Waals surface area contributed by atoms with Crippen molar-refractivity contribution in [2.24, 2.45) is 0 Å². The Hall–Kier alpha value is -3.22. The van der Waals surface area contributed by atoms with E-state index in [0.29, 0.717) is 5.56 Å². The number of para-hydroxylation sites is 1. The summed E-state index contributed by atoms with van der Waals surface area (Å²) in [5.74, 6) is 0. The number of nitro groups is 1. The number of hydrogen-bond donors (Lipinski definition) is 1. The monoisotopic (exact) mass is 313 g/mol. The first kappa shape index (κ1) is 16.2. The van der Waals surface area contributed by atoms with E-state index >= 15 is 0 Å². The number of benzene rings is 2. The summed E-state index contributed by atoms with van der Waals surface area (Å²) in [6.45, 7) is -0.274. The molecule has 0 saturated heterocycles. The molecule has 0 fully saturated rings. The average molecular weight is 313 g/mol. The molecule has 23 heavy (non-hydrogen) atoms. The first-order valence-corrected chi connectivity index (χ1v) is 6.70. The molecule has 7 heteroatoms. The molecule has 0 heterocycles. The molecule has 117 valence electrons. The fourth-order valence-electron chi connectivity index (χ4n) is 1.94. The topological polar surface area (TPSA) is 98.5 Å². The van der Waals surface area contributed by atoms with E-state index in [-0.39, 0.29) is 17.9 Å². The molecule has 1 N–H and O–H groups in total. The van der Waals surface area contributed by atoms with Gasteiger partial charge >= 0.3 is 6.09 Å². The van der Waals surface area contributed by atoms with Gasteiger partial charge in [0, 0.05) is 6.07 Å². The Morgan fingerprint density at radius 1 is 1.17 bits per heavy atom. The average Bonchev–Trinajstić information content (AvgIpc) is 2.58. The third kappa shape index (κ3) is 4.37. The lowest BCUT2D eigenvalue weighted by Crippen LogP contribution is -2.30. The third-order valence-corrected chi connectivity index (χ3v) is 3.06. The summed E-state index contributed by atoms with van der Waals surface area (Å²) in [4.78, 5) is 33.1. The van der Waals surface area contributed by atoms with E-state index in [1.807, 2.05) is 0 Å². The van der Waals surface area contributed by atoms with E-state index < -0.39 is 17.1 Å². The van der Waals surface area contributed by atoms with Crippen molar-refractivity contribution in [2.75, 3.05) is 0 Å². The highest BCUT2D eigenvalue weighted by atomic mass is 16.6. The number of amides is 1. The Balaban J connectivity index is 1.98. The van der Waals surface area contributed by atoms with Crippen molar-refractivity contribution >= 4 is 18.1 Å². The molecule has 0 aliphatic rings. The highest BCUT2D eigenvalue weighted by Gasteiger charge is 2.17. The molecular weight excluding hydrogens is 300 g/mol. The van der Waals surface area contributed by atoms with Crippen molar-refractivity contribution in [3.05, 3.63) is 75.8 Å². The lowest BCUT2D eigenvalue weighted by Gasteiger charge is -2.12. The van der Waals surface area contributed by atoms with Crippen LogP contribution < -0.4 is 5.32 Å². The van der Waals surface area contributed by atoms with E-state index in [2.05, 4.69) is 5.32 Å². The second-order valence-corrected chi connectivity index (χ2v) is 4.57. The summed E-state index contributed by atoms with van der Waals surface area (Å²) in [6.07, 6.45) is 0.846. The van der Waals surface area contributed by atoms with Gasteiger partial charge in [0.15, 0.2) is 0 Å². The first-order valence-electron chi connectivity index (χ1n) is 6.70. The molecule has 2 aromatic carbocycles. The van der Waals surface area contributed by atoms with Crippen LogP contribution in [0.25, 0.3) is 0 Å². The molecule has 1 radical (unpaired) electrons. The maximum atomic E-state index is 11.8. The largest absolute Gasteiger partial charge is 0.444 e. The first-order chi connectivity index (χ1) is 11.1. The number of rotatable bonds is 6. The zero-order chi connectivity index (χ0) is 16.7. The maximum Gasteiger partial charge on any atom is 0.408 e. The van der Waals surface area contributed by atoms with E-state index in [1.165, 1.54) is 18.2 Å². The number of ether oxygens (including phenoxy) is 1. The van der Waals surface area contributed by atoms with Crippen molar-refractivity contribution in [1.82, 2.24) is 5.32 Å². The van der Waals surface area contributed by atoms with Gasteiger partial charge in [-0.1, -0.05) is 42.5 Å². The van der Waals surface area contributed by atoms with Crippen molar-refractivity contribution in [2.45, 2.75) is 12.6 Å². The van der Waals surface area contributed by atoms with Gasteiger partial charge in [0.1, 0.15) is 12.6 Å². The highest BCUT2D eigenvalue weighted by Crippen LogP contribution is 2.18. The van der Waals surface area contributed by atoms with Gasteiger partial charge in [-0.2, -0.15) is 0 Å². The van der Waals surface area contributed by atoms with Crippen LogP contribution in [0.4, 0.5) is 10.5 Å². The zero-order valence-corrected chi connectivity index (χ0v) is 12.0. The van der Waals surface area contributed by atoms with E-state index in [1.54, 1.807) is 42.7 Å². The number of carbonyl (C=O) groups is 1. The van der Waals surface area contributed by atoms with Crippen LogP contribution in [0.3, 0.4) is 0 Å². The smallest absolute Gasteiger partial charge is 0.408 e. The molecule has 0 aromatic heterocycles. The molecule has 7 nitrogen and oxygen atoms in total. The van der Waals surface area contributed by atoms with Crippen molar-refractivity contribution in [3.8, 4) is 0 Å². The number of alkyl carbamates (subject to hydrolysis) is 1. The number of carbonyl (C=O) groups excluding carboxylic acids is 2. The maximum absolute atomic E-state index is 11.8. The Bertz CT molecular complexity index is 703. The molecule has 1 amide bonds. The van der Waals surface area contributed by atoms with Gasteiger partial charge in [0.2, 0.25) is 6.29 Å². The second-order valence-electron chi connectivity index (χ2n) is 4.57. The van der Waals surface area contributed by atoms with Crippen LogP contribution in [0.5, 0.6) is 0 Å². The quantitative estimate of drug-likeness (QED) is 0.653. The second kappa shape index (κ2) is 7.69. The molecule has 0 aliphatic heterocycles. The molecule has 2 aromatic rings. The fourth-order valence-corrected chi connectivity index (χ4v) is 1.94. The molecule has 0 bridgehead atoms. The van der Waals surface area contributed by atoms with Crippen LogP contribution in [0.2, 0.25) is 0 Å². The fraction of sp³-hybridized carbons (Fsp3) is 0.125. The summed E-state index contributed by atoms with van der Waals surface area (Å²) in [6, 6.07) is 13.5. The number of hydrogen-bond acceptors (Lipinski definition) is 5. The zero-order valence-electron chi connectivity index (χ0n) is 12.0. The van der Waals surface area contributed by atoms with Gasteiger partial charge in [-0.3, -0.25) is 14.9 Å². The van der Waals surface area contributed by atoms with E-state index in [9.17, 15) is 19.7 Å². The van der Waals surface area contributed by atoms with E-state index in [0.717, 1.165) is 0 Å². The summed E-state index contributed by atoms with van der Waals surface area (Å²) < 4.78 is 4.94. The molecule has 0 spiro atoms. The number of nitrogens with zero attached hydrogens (tertiary/aromatic N) is 1. The highest BCUT2D eigenvalue weighted by molar-refractivity contribution is 5.74. The molecular formula is C16H13N2O5. The van der Waals surface area contributed by atoms with Gasteiger partial charge in [-0.15, -0.1) is 0 Å². The predicted molar refractivity (Wildman–Crippen MR) is 81.3 cm³/mol. The van der Waals surface area contributed by atoms with Gasteiger partial charge in [-0.05, 0) is 11.6 Å². The van der Waals surface area contributed by atoms with Crippen LogP contribution in [-0.2, 0) is 16.1 Å². The van der Waals surface area contributed by atoms with Gasteiger partial charge in [-0.25, -0.2) is 4.79 Å². The van der Waals surface area contributed by atoms with E-state index in [4.69, 9.17) is 4.74 Å². The molecule has 1 unspecified atom stereocenters. The van der Waals surface area contributed by atoms with Crippen molar-refractivity contribution in [1.29, 1.82) is 0 Å². The summed E-state index contributed by atoms with van der Waals surface area (Å²) in [7, 11) is 0. The molecule has 0 saturated carbocycles. The lowest BCUT2D eigenvalue weighted by molar-refractivity contribution is -0.385. The third-order valence-electron chi connectivity index (χ3n) is 3.06. The van der Waals surface area contributed by atoms with Crippen molar-refractivity contribution < 1.29 is 19.2 Å². The van der Waals surface area contributed by atoms with Crippen LogP contribution >= 0.6 is 0 Å². The summed E-state index contributed by atoms with van der Waals surface area (Å²) in [5, 5.41) is 13.2. The SMILES string of the molecule is O=[C]C(NC(=O)OCc1ccccc1[N+](=O)[O-])c1ccccc1. The summed E-state index contributed by atoms with van der Waals surface area (Å²) in [5.41, 5.74) is 0.686. The van der Waals surface area contributed by atoms with Gasteiger partial charge in [0.05, 0.1) is 10.5 Å². The number of nitrogens with one attached hydrogen (secondary N) is 1. The Kier molecular flexibility index (Phi) is 5.40. The van der Waals surface area contributed by atoms with Crippen LogP contribution in [0.1, 0.15) is 17.2 Å². The van der Waals surface area contributed by atoms with Gasteiger partial charge in [0.25, 0.3) is 5.69 Å². The minimum atomic E-state index is -0.963. The Morgan fingerprint density at radius 3 is 2.48 bits per heavy atom. The molecule has 1 atom stereocenters. The Labute approximate surface area is 132 Å². The standard InChI is InChI=1S/C16H13N2O5/c19-10-14(12-6-2-1-3-7-12)17-16(20)23-11-13-8-4-5-9-15(13)18(21)22/h1-9,14H,11H2,(H,17,20). The lowest BCUT2D eigenvalue weighted by atomic mass is 10.1. The number of nitro benzene ring substituents is 1. The van der Waals surface area contributed by atoms with Crippen LogP contribution in [0.15, 0.2) is 54.6 Å². The van der Waals surface area contributed by atoms with Gasteiger partial charge < -0.3 is 10.1 Å². The normalized spacial score (nSPS) is 11.3. The van der Waals surface area contributed by atoms with Crippen LogP contribution in [0, 0.1) is 10.1 Å². The minimum Gasteiger partial charge on any atom is -0.444 e.